The largest absolute Gasteiger partial charge is 0.488 e. The highest BCUT2D eigenvalue weighted by atomic mass is 19.1. The van der Waals surface area contributed by atoms with Crippen LogP contribution in [0.25, 0.3) is 0 Å². The molecule has 0 spiro atoms. The minimum atomic E-state index is -0.554. The number of hydrogen-bond acceptors (Lipinski definition) is 2. The summed E-state index contributed by atoms with van der Waals surface area (Å²) in [5, 5.41) is 3.18. The first kappa shape index (κ1) is 14.0. The molecular weight excluding hydrogens is 272 g/mol. The minimum absolute atomic E-state index is 0.0302. The molecule has 1 aliphatic rings. The lowest BCUT2D eigenvalue weighted by molar-refractivity contribution is 0.181. The number of rotatable bonds is 4. The molecule has 2 unspecified atom stereocenters. The van der Waals surface area contributed by atoms with Crippen molar-refractivity contribution in [2.45, 2.75) is 25.0 Å². The van der Waals surface area contributed by atoms with Gasteiger partial charge in [0, 0.05) is 18.5 Å². The molecular formula is C17H17F2NO. The highest BCUT2D eigenvalue weighted by Crippen LogP contribution is 2.30. The molecule has 21 heavy (non-hydrogen) atoms. The van der Waals surface area contributed by atoms with Gasteiger partial charge < -0.3 is 10.1 Å². The molecule has 0 saturated carbocycles. The Morgan fingerprint density at radius 1 is 1.24 bits per heavy atom. The summed E-state index contributed by atoms with van der Waals surface area (Å²) in [5.41, 5.74) is 1.66. The third-order valence-corrected chi connectivity index (χ3v) is 3.95. The maximum absolute atomic E-state index is 13.8. The number of halogens is 2. The first-order chi connectivity index (χ1) is 10.2. The van der Waals surface area contributed by atoms with Gasteiger partial charge in [-0.3, -0.25) is 0 Å². The molecule has 1 heterocycles. The van der Waals surface area contributed by atoms with Gasteiger partial charge in [0.25, 0.3) is 0 Å². The average Bonchev–Trinajstić information content (AvgIpc) is 2.90. The van der Waals surface area contributed by atoms with Crippen LogP contribution in [-0.4, -0.2) is 19.2 Å². The van der Waals surface area contributed by atoms with Gasteiger partial charge in [-0.15, -0.1) is 0 Å². The fourth-order valence-corrected chi connectivity index (χ4v) is 2.78. The number of para-hydroxylation sites is 1. The van der Waals surface area contributed by atoms with Crippen molar-refractivity contribution < 1.29 is 13.5 Å². The van der Waals surface area contributed by atoms with E-state index in [1.165, 1.54) is 17.7 Å². The normalized spacial score (nSPS) is 18.1. The van der Waals surface area contributed by atoms with E-state index >= 15 is 0 Å². The van der Waals surface area contributed by atoms with E-state index in [-0.39, 0.29) is 12.1 Å². The maximum atomic E-state index is 13.8. The monoisotopic (exact) mass is 289 g/mol. The fourth-order valence-electron chi connectivity index (χ4n) is 2.78. The summed E-state index contributed by atoms with van der Waals surface area (Å²) in [4.78, 5) is 0. The standard InChI is InChI=1S/C17H17F2NO/c1-20-15(8-11-6-7-13(18)10-14(11)19)17-9-12-4-2-3-5-16(12)21-17/h2-7,10,15,17,20H,8-9H2,1H3. The maximum Gasteiger partial charge on any atom is 0.129 e. The fraction of sp³-hybridized carbons (Fsp3) is 0.294. The summed E-state index contributed by atoms with van der Waals surface area (Å²) < 4.78 is 32.7. The van der Waals surface area contributed by atoms with E-state index in [2.05, 4.69) is 5.32 Å². The van der Waals surface area contributed by atoms with Crippen LogP contribution in [0.1, 0.15) is 11.1 Å². The van der Waals surface area contributed by atoms with E-state index in [1.54, 1.807) is 0 Å². The van der Waals surface area contributed by atoms with Gasteiger partial charge >= 0.3 is 0 Å². The molecule has 0 bridgehead atoms. The van der Waals surface area contributed by atoms with Crippen molar-refractivity contribution in [1.29, 1.82) is 0 Å². The average molecular weight is 289 g/mol. The number of fused-ring (bicyclic) bond motifs is 1. The molecule has 0 aromatic heterocycles. The Balaban J connectivity index is 1.75. The number of benzene rings is 2. The van der Waals surface area contributed by atoms with Crippen LogP contribution in [0.5, 0.6) is 5.75 Å². The summed E-state index contributed by atoms with van der Waals surface area (Å²) >= 11 is 0. The zero-order valence-electron chi connectivity index (χ0n) is 11.8. The van der Waals surface area contributed by atoms with Crippen molar-refractivity contribution in [2.24, 2.45) is 0 Å². The van der Waals surface area contributed by atoms with E-state index in [4.69, 9.17) is 4.74 Å². The Labute approximate surface area is 122 Å². The Bertz CT molecular complexity index is 619. The van der Waals surface area contributed by atoms with Gasteiger partial charge in [-0.2, -0.15) is 0 Å². The molecule has 0 amide bonds. The summed E-state index contributed by atoms with van der Waals surface area (Å²) in [6.07, 6.45) is 1.21. The van der Waals surface area contributed by atoms with Crippen LogP contribution in [0.3, 0.4) is 0 Å². The smallest absolute Gasteiger partial charge is 0.129 e. The molecule has 4 heteroatoms. The van der Waals surface area contributed by atoms with Crippen LogP contribution < -0.4 is 10.1 Å². The van der Waals surface area contributed by atoms with Crippen molar-refractivity contribution in [3.8, 4) is 5.75 Å². The molecule has 1 N–H and O–H groups in total. The molecule has 2 aromatic carbocycles. The van der Waals surface area contributed by atoms with Gasteiger partial charge in [0.2, 0.25) is 0 Å². The van der Waals surface area contributed by atoms with Crippen LogP contribution >= 0.6 is 0 Å². The van der Waals surface area contributed by atoms with Crippen molar-refractivity contribution >= 4 is 0 Å². The van der Waals surface area contributed by atoms with Crippen molar-refractivity contribution in [3.05, 3.63) is 65.2 Å². The zero-order chi connectivity index (χ0) is 14.8. The lowest BCUT2D eigenvalue weighted by Gasteiger charge is -2.23. The van der Waals surface area contributed by atoms with E-state index in [0.29, 0.717) is 12.0 Å². The highest BCUT2D eigenvalue weighted by Gasteiger charge is 2.29. The molecule has 2 aromatic rings. The third-order valence-electron chi connectivity index (χ3n) is 3.95. The first-order valence-corrected chi connectivity index (χ1v) is 7.03. The van der Waals surface area contributed by atoms with Crippen LogP contribution in [0.15, 0.2) is 42.5 Å². The second-order valence-corrected chi connectivity index (χ2v) is 5.30. The minimum Gasteiger partial charge on any atom is -0.488 e. The first-order valence-electron chi connectivity index (χ1n) is 7.03. The van der Waals surface area contributed by atoms with Crippen LogP contribution in [0.2, 0.25) is 0 Å². The second kappa shape index (κ2) is 5.82. The van der Waals surface area contributed by atoms with E-state index in [1.807, 2.05) is 31.3 Å². The third kappa shape index (κ3) is 2.90. The van der Waals surface area contributed by atoms with Gasteiger partial charge in [0.15, 0.2) is 0 Å². The summed E-state index contributed by atoms with van der Waals surface area (Å²) in [7, 11) is 1.83. The summed E-state index contributed by atoms with van der Waals surface area (Å²) in [6.45, 7) is 0. The van der Waals surface area contributed by atoms with Gasteiger partial charge in [-0.25, -0.2) is 8.78 Å². The molecule has 0 aliphatic carbocycles. The number of nitrogens with one attached hydrogen (secondary N) is 1. The quantitative estimate of drug-likeness (QED) is 0.934. The van der Waals surface area contributed by atoms with E-state index < -0.39 is 11.6 Å². The van der Waals surface area contributed by atoms with E-state index in [0.717, 1.165) is 18.2 Å². The Morgan fingerprint density at radius 3 is 2.76 bits per heavy atom. The lowest BCUT2D eigenvalue weighted by atomic mass is 9.97. The Kier molecular flexibility index (Phi) is 3.88. The Morgan fingerprint density at radius 2 is 2.05 bits per heavy atom. The van der Waals surface area contributed by atoms with Gasteiger partial charge in [0.1, 0.15) is 23.5 Å². The highest BCUT2D eigenvalue weighted by molar-refractivity contribution is 5.38. The molecule has 3 rings (SSSR count). The van der Waals surface area contributed by atoms with Crippen LogP contribution in [0, 0.1) is 11.6 Å². The predicted octanol–water partition coefficient (Wildman–Crippen LogP) is 3.10. The van der Waals surface area contributed by atoms with Crippen molar-refractivity contribution in [3.63, 3.8) is 0 Å². The Hall–Kier alpha value is -1.94. The molecule has 110 valence electrons. The SMILES string of the molecule is CNC(Cc1ccc(F)cc1F)C1Cc2ccccc2O1. The lowest BCUT2D eigenvalue weighted by Crippen LogP contribution is -2.42. The molecule has 1 aliphatic heterocycles. The van der Waals surface area contributed by atoms with Gasteiger partial charge in [-0.1, -0.05) is 24.3 Å². The van der Waals surface area contributed by atoms with Gasteiger partial charge in [-0.05, 0) is 36.7 Å². The number of likely N-dealkylation sites (N-methyl/N-ethyl adjacent to an activating group) is 1. The molecule has 0 saturated heterocycles. The van der Waals surface area contributed by atoms with Crippen molar-refractivity contribution in [1.82, 2.24) is 5.32 Å². The molecule has 0 fully saturated rings. The number of hydrogen-bond donors (Lipinski definition) is 1. The summed E-state index contributed by atoms with van der Waals surface area (Å²) in [6, 6.07) is 11.6. The summed E-state index contributed by atoms with van der Waals surface area (Å²) in [5.74, 6) is -0.171. The second-order valence-electron chi connectivity index (χ2n) is 5.30. The number of ether oxygens (including phenoxy) is 1. The van der Waals surface area contributed by atoms with Crippen LogP contribution in [0.4, 0.5) is 8.78 Å². The molecule has 2 atom stereocenters. The molecule has 2 nitrogen and oxygen atoms in total. The van der Waals surface area contributed by atoms with Crippen LogP contribution in [-0.2, 0) is 12.8 Å². The van der Waals surface area contributed by atoms with Gasteiger partial charge in [0.05, 0.1) is 0 Å². The van der Waals surface area contributed by atoms with E-state index in [9.17, 15) is 8.78 Å². The molecule has 0 radical (unpaired) electrons. The topological polar surface area (TPSA) is 21.3 Å². The zero-order valence-corrected chi connectivity index (χ0v) is 11.8. The van der Waals surface area contributed by atoms with Crippen molar-refractivity contribution in [2.75, 3.05) is 7.05 Å². The predicted molar refractivity (Wildman–Crippen MR) is 77.5 cm³/mol.